The van der Waals surface area contributed by atoms with Gasteiger partial charge in [-0.2, -0.15) is 0 Å². The number of hydrogen-bond acceptors (Lipinski definition) is 3. The average molecular weight is 281 g/mol. The van der Waals surface area contributed by atoms with Crippen molar-refractivity contribution in [2.45, 2.75) is 31.7 Å². The van der Waals surface area contributed by atoms with E-state index in [1.807, 2.05) is 0 Å². The Morgan fingerprint density at radius 3 is 2.90 bits per heavy atom. The molecule has 3 heteroatoms. The quantitative estimate of drug-likeness (QED) is 0.933. The maximum absolute atomic E-state index is 4.85. The molecule has 0 amide bonds. The lowest BCUT2D eigenvalue weighted by Crippen LogP contribution is -2.40. The monoisotopic (exact) mass is 281 g/mol. The summed E-state index contributed by atoms with van der Waals surface area (Å²) < 4.78 is 0. The average Bonchev–Trinajstić information content (AvgIpc) is 3.37. The van der Waals surface area contributed by atoms with Crippen molar-refractivity contribution >= 4 is 16.7 Å². The lowest BCUT2D eigenvalue weighted by Gasteiger charge is -2.34. The van der Waals surface area contributed by atoms with Gasteiger partial charge in [-0.3, -0.25) is 0 Å². The van der Waals surface area contributed by atoms with E-state index in [1.54, 1.807) is 0 Å². The molecule has 110 valence electrons. The molecule has 1 saturated heterocycles. The Morgan fingerprint density at radius 2 is 2.00 bits per heavy atom. The van der Waals surface area contributed by atoms with Gasteiger partial charge in [-0.05, 0) is 56.3 Å². The van der Waals surface area contributed by atoms with Crippen molar-refractivity contribution in [3.8, 4) is 0 Å². The van der Waals surface area contributed by atoms with Crippen LogP contribution in [0.5, 0.6) is 0 Å². The van der Waals surface area contributed by atoms with Crippen LogP contribution in [0.1, 0.15) is 25.7 Å². The van der Waals surface area contributed by atoms with Gasteiger partial charge in [0.2, 0.25) is 0 Å². The molecule has 2 aliphatic rings. The van der Waals surface area contributed by atoms with Gasteiger partial charge in [0, 0.05) is 24.5 Å². The molecule has 0 bridgehead atoms. The number of para-hydroxylation sites is 1. The van der Waals surface area contributed by atoms with Gasteiger partial charge in [-0.25, -0.2) is 4.98 Å². The minimum atomic E-state index is 0.771. The van der Waals surface area contributed by atoms with Crippen LogP contribution in [0.2, 0.25) is 0 Å². The van der Waals surface area contributed by atoms with E-state index in [1.165, 1.54) is 37.6 Å². The molecule has 2 aromatic rings. The van der Waals surface area contributed by atoms with Crippen LogP contribution in [0.25, 0.3) is 10.9 Å². The Bertz CT molecular complexity index is 621. The predicted octanol–water partition coefficient (Wildman–Crippen LogP) is 3.20. The molecule has 2 fully saturated rings. The molecule has 21 heavy (non-hydrogen) atoms. The van der Waals surface area contributed by atoms with Crippen molar-refractivity contribution in [3.63, 3.8) is 0 Å². The van der Waals surface area contributed by atoms with Crippen molar-refractivity contribution in [1.82, 2.24) is 10.3 Å². The van der Waals surface area contributed by atoms with Gasteiger partial charge < -0.3 is 10.2 Å². The van der Waals surface area contributed by atoms with Gasteiger partial charge >= 0.3 is 0 Å². The Kier molecular flexibility index (Phi) is 3.52. The summed E-state index contributed by atoms with van der Waals surface area (Å²) in [7, 11) is 0. The molecule has 1 atom stereocenters. The largest absolute Gasteiger partial charge is 0.356 e. The van der Waals surface area contributed by atoms with E-state index < -0.39 is 0 Å². The van der Waals surface area contributed by atoms with Crippen molar-refractivity contribution in [2.24, 2.45) is 5.92 Å². The molecule has 2 heterocycles. The molecule has 4 rings (SSSR count). The number of hydrogen-bond donors (Lipinski definition) is 1. The van der Waals surface area contributed by atoms with Gasteiger partial charge in [0.05, 0.1) is 5.52 Å². The third kappa shape index (κ3) is 3.03. The van der Waals surface area contributed by atoms with Gasteiger partial charge in [0.25, 0.3) is 0 Å². The third-order valence-corrected chi connectivity index (χ3v) is 4.70. The third-order valence-electron chi connectivity index (χ3n) is 4.70. The first-order chi connectivity index (χ1) is 10.4. The van der Waals surface area contributed by atoms with Crippen LogP contribution < -0.4 is 10.2 Å². The lowest BCUT2D eigenvalue weighted by atomic mass is 9.98. The summed E-state index contributed by atoms with van der Waals surface area (Å²) in [5.41, 5.74) is 1.10. The molecule has 1 aliphatic carbocycles. The van der Waals surface area contributed by atoms with Crippen LogP contribution >= 0.6 is 0 Å². The van der Waals surface area contributed by atoms with E-state index in [2.05, 4.69) is 46.6 Å². The maximum atomic E-state index is 4.85. The van der Waals surface area contributed by atoms with Gasteiger partial charge in [0.1, 0.15) is 5.82 Å². The van der Waals surface area contributed by atoms with Crippen molar-refractivity contribution in [3.05, 3.63) is 36.4 Å². The number of pyridine rings is 1. The number of benzene rings is 1. The molecule has 1 aromatic carbocycles. The summed E-state index contributed by atoms with van der Waals surface area (Å²) in [5.74, 6) is 1.91. The minimum Gasteiger partial charge on any atom is -0.356 e. The summed E-state index contributed by atoms with van der Waals surface area (Å²) in [6.45, 7) is 3.46. The Morgan fingerprint density at radius 1 is 1.10 bits per heavy atom. The molecule has 1 saturated carbocycles. The first-order valence-electron chi connectivity index (χ1n) is 8.22. The van der Waals surface area contributed by atoms with Gasteiger partial charge in [-0.15, -0.1) is 0 Å². The zero-order valence-electron chi connectivity index (χ0n) is 12.5. The van der Waals surface area contributed by atoms with E-state index >= 15 is 0 Å². The maximum Gasteiger partial charge on any atom is 0.129 e. The number of piperidine rings is 1. The molecule has 1 aromatic heterocycles. The zero-order chi connectivity index (χ0) is 14.1. The second kappa shape index (κ2) is 5.64. The Hall–Kier alpha value is -1.61. The predicted molar refractivity (Wildman–Crippen MR) is 87.7 cm³/mol. The van der Waals surface area contributed by atoms with Crippen molar-refractivity contribution in [2.75, 3.05) is 24.5 Å². The molecular weight excluding hydrogens is 258 g/mol. The first-order valence-corrected chi connectivity index (χ1v) is 8.22. The second-order valence-corrected chi connectivity index (χ2v) is 6.50. The molecular formula is C18H23N3. The number of nitrogens with one attached hydrogen (secondary N) is 1. The SMILES string of the molecule is c1ccc2nc(N3CCCC(CNC4CC4)C3)ccc2c1. The zero-order valence-corrected chi connectivity index (χ0v) is 12.5. The summed E-state index contributed by atoms with van der Waals surface area (Å²) in [4.78, 5) is 7.31. The number of fused-ring (bicyclic) bond motifs is 1. The van der Waals surface area contributed by atoms with Crippen LogP contribution in [0, 0.1) is 5.92 Å². The number of rotatable bonds is 4. The highest BCUT2D eigenvalue weighted by Gasteiger charge is 2.25. The first kappa shape index (κ1) is 13.1. The number of aromatic nitrogens is 1. The van der Waals surface area contributed by atoms with Gasteiger partial charge in [-0.1, -0.05) is 18.2 Å². The normalized spacial score (nSPS) is 22.7. The van der Waals surface area contributed by atoms with Crippen LogP contribution in [0.15, 0.2) is 36.4 Å². The van der Waals surface area contributed by atoms with E-state index in [9.17, 15) is 0 Å². The Balaban J connectivity index is 1.47. The van der Waals surface area contributed by atoms with E-state index in [0.717, 1.165) is 36.4 Å². The summed E-state index contributed by atoms with van der Waals surface area (Å²) in [6.07, 6.45) is 5.39. The molecule has 0 radical (unpaired) electrons. The molecule has 0 spiro atoms. The topological polar surface area (TPSA) is 28.2 Å². The smallest absolute Gasteiger partial charge is 0.129 e. The van der Waals surface area contributed by atoms with Crippen LogP contribution in [0.4, 0.5) is 5.82 Å². The minimum absolute atomic E-state index is 0.771. The number of anilines is 1. The highest BCUT2D eigenvalue weighted by molar-refractivity contribution is 5.80. The van der Waals surface area contributed by atoms with Crippen LogP contribution in [-0.2, 0) is 0 Å². The molecule has 1 unspecified atom stereocenters. The van der Waals surface area contributed by atoms with Crippen molar-refractivity contribution in [1.29, 1.82) is 0 Å². The van der Waals surface area contributed by atoms with Crippen LogP contribution in [-0.4, -0.2) is 30.7 Å². The van der Waals surface area contributed by atoms with E-state index in [-0.39, 0.29) is 0 Å². The molecule has 3 nitrogen and oxygen atoms in total. The highest BCUT2D eigenvalue weighted by Crippen LogP contribution is 2.25. The molecule has 1 aliphatic heterocycles. The molecule has 1 N–H and O–H groups in total. The van der Waals surface area contributed by atoms with Crippen LogP contribution in [0.3, 0.4) is 0 Å². The number of nitrogens with zero attached hydrogens (tertiary/aromatic N) is 2. The fourth-order valence-corrected chi connectivity index (χ4v) is 3.29. The fourth-order valence-electron chi connectivity index (χ4n) is 3.29. The van der Waals surface area contributed by atoms with E-state index in [4.69, 9.17) is 4.98 Å². The fraction of sp³-hybridized carbons (Fsp3) is 0.500. The lowest BCUT2D eigenvalue weighted by molar-refractivity contribution is 0.390. The Labute approximate surface area is 126 Å². The summed E-state index contributed by atoms with van der Waals surface area (Å²) in [6, 6.07) is 13.6. The highest BCUT2D eigenvalue weighted by atomic mass is 15.2. The summed E-state index contributed by atoms with van der Waals surface area (Å²) >= 11 is 0. The van der Waals surface area contributed by atoms with Crippen molar-refractivity contribution < 1.29 is 0 Å². The second-order valence-electron chi connectivity index (χ2n) is 6.50. The van der Waals surface area contributed by atoms with E-state index in [0.29, 0.717) is 0 Å². The standard InChI is InChI=1S/C18H23N3/c1-2-6-17-15(5-1)7-10-18(20-17)21-11-3-4-14(13-21)12-19-16-8-9-16/h1-2,5-7,10,14,16,19H,3-4,8-9,11-13H2. The van der Waals surface area contributed by atoms with Gasteiger partial charge in [0.15, 0.2) is 0 Å². The summed E-state index contributed by atoms with van der Waals surface area (Å²) in [5, 5.41) is 4.91.